The summed E-state index contributed by atoms with van der Waals surface area (Å²) in [4.78, 5) is 25.5. The molecule has 4 nitrogen and oxygen atoms in total. The van der Waals surface area contributed by atoms with E-state index in [1.54, 1.807) is 38.1 Å². The Hall–Kier alpha value is -1.08. The second-order valence-electron chi connectivity index (χ2n) is 5.21. The van der Waals surface area contributed by atoms with Crippen LogP contribution in [-0.2, 0) is 9.59 Å². The maximum Gasteiger partial charge on any atom is 0.327 e. The number of hydrogen-bond acceptors (Lipinski definition) is 4. The molecule has 1 amide bonds. The second kappa shape index (κ2) is 7.21. The van der Waals surface area contributed by atoms with Gasteiger partial charge in [0, 0.05) is 15.6 Å². The molecule has 0 saturated carbocycles. The zero-order chi connectivity index (χ0) is 17.3. The molecule has 0 aliphatic carbocycles. The Morgan fingerprint density at radius 1 is 1.35 bits per heavy atom. The van der Waals surface area contributed by atoms with E-state index in [9.17, 15) is 14.7 Å². The van der Waals surface area contributed by atoms with Gasteiger partial charge in [0.15, 0.2) is 0 Å². The van der Waals surface area contributed by atoms with Gasteiger partial charge >= 0.3 is 5.97 Å². The number of aliphatic carboxylic acids is 1. The second-order valence-corrected chi connectivity index (χ2v) is 7.70. The first-order valence-electron chi connectivity index (χ1n) is 6.68. The van der Waals surface area contributed by atoms with Crippen LogP contribution in [0.4, 0.5) is 0 Å². The van der Waals surface area contributed by atoms with Crippen LogP contribution in [0, 0.1) is 5.92 Å². The molecule has 1 saturated heterocycles. The predicted octanol–water partition coefficient (Wildman–Crippen LogP) is 4.30. The fourth-order valence-electron chi connectivity index (χ4n) is 2.19. The van der Waals surface area contributed by atoms with Gasteiger partial charge < -0.3 is 5.11 Å². The van der Waals surface area contributed by atoms with Gasteiger partial charge in [0.2, 0.25) is 0 Å². The quantitative estimate of drug-likeness (QED) is 0.614. The van der Waals surface area contributed by atoms with Crippen molar-refractivity contribution in [2.24, 2.45) is 5.92 Å². The standard InChI is InChI=1S/C15H13Cl2NO3S2/c1-7(2)12(14(20)21)18-13(19)11(23-15(18)22)6-8-9(16)4-3-5-10(8)17/h3-7,12H,1-2H3,(H,20,21)/b11-6-/t12-/m1/s1. The molecule has 122 valence electrons. The fraction of sp³-hybridized carbons (Fsp3) is 0.267. The summed E-state index contributed by atoms with van der Waals surface area (Å²) in [6, 6.07) is 4.02. The van der Waals surface area contributed by atoms with Gasteiger partial charge in [0.25, 0.3) is 5.91 Å². The molecule has 1 aromatic rings. The van der Waals surface area contributed by atoms with Crippen molar-refractivity contribution in [2.45, 2.75) is 19.9 Å². The van der Waals surface area contributed by atoms with Gasteiger partial charge in [0.05, 0.1) is 4.91 Å². The van der Waals surface area contributed by atoms with Crippen molar-refractivity contribution in [1.29, 1.82) is 0 Å². The summed E-state index contributed by atoms with van der Waals surface area (Å²) < 4.78 is 0.213. The number of carboxylic acid groups (broad SMARTS) is 1. The summed E-state index contributed by atoms with van der Waals surface area (Å²) in [5, 5.41) is 10.2. The predicted molar refractivity (Wildman–Crippen MR) is 97.7 cm³/mol. The minimum atomic E-state index is -1.09. The van der Waals surface area contributed by atoms with Crippen LogP contribution < -0.4 is 0 Å². The average Bonchev–Trinajstić information content (AvgIpc) is 2.70. The van der Waals surface area contributed by atoms with E-state index in [1.165, 1.54) is 0 Å². The van der Waals surface area contributed by atoms with Crippen LogP contribution in [0.15, 0.2) is 23.1 Å². The van der Waals surface area contributed by atoms with Crippen molar-refractivity contribution in [3.63, 3.8) is 0 Å². The number of carboxylic acids is 1. The largest absolute Gasteiger partial charge is 0.480 e. The van der Waals surface area contributed by atoms with Gasteiger partial charge in [-0.25, -0.2) is 4.79 Å². The molecule has 2 rings (SSSR count). The van der Waals surface area contributed by atoms with Crippen molar-refractivity contribution >= 4 is 69.5 Å². The minimum Gasteiger partial charge on any atom is -0.480 e. The van der Waals surface area contributed by atoms with E-state index in [4.69, 9.17) is 35.4 Å². The highest BCUT2D eigenvalue weighted by Gasteiger charge is 2.41. The van der Waals surface area contributed by atoms with E-state index < -0.39 is 17.9 Å². The highest BCUT2D eigenvalue weighted by atomic mass is 35.5. The normalized spacial score (nSPS) is 18.1. The number of benzene rings is 1. The monoisotopic (exact) mass is 389 g/mol. The smallest absolute Gasteiger partial charge is 0.327 e. The first-order chi connectivity index (χ1) is 10.7. The molecule has 1 N–H and O–H groups in total. The summed E-state index contributed by atoms with van der Waals surface area (Å²) in [6.45, 7) is 3.46. The lowest BCUT2D eigenvalue weighted by Crippen LogP contribution is -2.47. The molecular formula is C15H13Cl2NO3S2. The zero-order valence-electron chi connectivity index (χ0n) is 12.2. The summed E-state index contributed by atoms with van der Waals surface area (Å²) in [5.41, 5.74) is 0.507. The molecule has 0 radical (unpaired) electrons. The van der Waals surface area contributed by atoms with Gasteiger partial charge in [0.1, 0.15) is 10.4 Å². The van der Waals surface area contributed by atoms with E-state index in [1.807, 2.05) is 0 Å². The number of hydrogen-bond donors (Lipinski definition) is 1. The van der Waals surface area contributed by atoms with Gasteiger partial charge in [-0.15, -0.1) is 0 Å². The molecule has 0 aromatic heterocycles. The molecule has 23 heavy (non-hydrogen) atoms. The number of rotatable bonds is 4. The average molecular weight is 390 g/mol. The van der Waals surface area contributed by atoms with Crippen LogP contribution in [0.25, 0.3) is 6.08 Å². The third kappa shape index (κ3) is 3.71. The number of halogens is 2. The van der Waals surface area contributed by atoms with E-state index in [-0.39, 0.29) is 10.2 Å². The highest BCUT2D eigenvalue weighted by molar-refractivity contribution is 8.26. The Morgan fingerprint density at radius 2 is 1.91 bits per heavy atom. The Morgan fingerprint density at radius 3 is 2.39 bits per heavy atom. The van der Waals surface area contributed by atoms with E-state index >= 15 is 0 Å². The Bertz CT molecular complexity index is 698. The van der Waals surface area contributed by atoms with Gasteiger partial charge in [-0.2, -0.15) is 0 Å². The molecule has 0 spiro atoms. The maximum atomic E-state index is 12.6. The molecule has 1 fully saturated rings. The van der Waals surface area contributed by atoms with Gasteiger partial charge in [-0.05, 0) is 24.1 Å². The molecular weight excluding hydrogens is 377 g/mol. The molecule has 1 aliphatic heterocycles. The Labute approximate surface area is 153 Å². The molecule has 0 unspecified atom stereocenters. The molecule has 1 heterocycles. The summed E-state index contributed by atoms with van der Waals surface area (Å²) in [6.07, 6.45) is 1.54. The summed E-state index contributed by atoms with van der Waals surface area (Å²) in [5.74, 6) is -1.82. The lowest BCUT2D eigenvalue weighted by Gasteiger charge is -2.26. The lowest BCUT2D eigenvalue weighted by atomic mass is 10.0. The van der Waals surface area contributed by atoms with E-state index in [0.717, 1.165) is 16.7 Å². The van der Waals surface area contributed by atoms with Gasteiger partial charge in [-0.1, -0.05) is 67.1 Å². The first-order valence-corrected chi connectivity index (χ1v) is 8.66. The van der Waals surface area contributed by atoms with Crippen LogP contribution in [0.5, 0.6) is 0 Å². The number of nitrogens with zero attached hydrogens (tertiary/aromatic N) is 1. The summed E-state index contributed by atoms with van der Waals surface area (Å²) >= 11 is 18.4. The van der Waals surface area contributed by atoms with Gasteiger partial charge in [-0.3, -0.25) is 9.69 Å². The Balaban J connectivity index is 2.42. The third-order valence-corrected chi connectivity index (χ3v) is 5.25. The molecule has 0 bridgehead atoms. The fourth-order valence-corrected chi connectivity index (χ4v) is 4.01. The zero-order valence-corrected chi connectivity index (χ0v) is 15.4. The Kier molecular flexibility index (Phi) is 5.73. The van der Waals surface area contributed by atoms with Crippen molar-refractivity contribution < 1.29 is 14.7 Å². The lowest BCUT2D eigenvalue weighted by molar-refractivity contribution is -0.146. The van der Waals surface area contributed by atoms with Crippen molar-refractivity contribution in [1.82, 2.24) is 4.90 Å². The molecule has 1 atom stereocenters. The van der Waals surface area contributed by atoms with Crippen LogP contribution in [0.2, 0.25) is 10.0 Å². The number of thiocarbonyl (C=S) groups is 1. The maximum absolute atomic E-state index is 12.6. The molecule has 1 aliphatic rings. The number of thioether (sulfide) groups is 1. The molecule has 1 aromatic carbocycles. The number of amides is 1. The van der Waals surface area contributed by atoms with Crippen molar-refractivity contribution in [3.05, 3.63) is 38.7 Å². The molecule has 8 heteroatoms. The summed E-state index contributed by atoms with van der Waals surface area (Å²) in [7, 11) is 0. The van der Waals surface area contributed by atoms with Crippen LogP contribution in [-0.4, -0.2) is 32.2 Å². The third-order valence-electron chi connectivity index (χ3n) is 3.26. The van der Waals surface area contributed by atoms with Crippen molar-refractivity contribution in [2.75, 3.05) is 0 Å². The SMILES string of the molecule is CC(C)[C@H](C(=O)O)N1C(=O)/C(=C/c2c(Cl)cccc2Cl)SC1=S. The van der Waals surface area contributed by atoms with Crippen LogP contribution in [0.1, 0.15) is 19.4 Å². The highest BCUT2D eigenvalue weighted by Crippen LogP contribution is 2.37. The van der Waals surface area contributed by atoms with Crippen LogP contribution in [0.3, 0.4) is 0 Å². The topological polar surface area (TPSA) is 57.6 Å². The van der Waals surface area contributed by atoms with Crippen molar-refractivity contribution in [3.8, 4) is 0 Å². The van der Waals surface area contributed by atoms with E-state index in [2.05, 4.69) is 0 Å². The van der Waals surface area contributed by atoms with Crippen LogP contribution >= 0.6 is 47.2 Å². The van der Waals surface area contributed by atoms with E-state index in [0.29, 0.717) is 20.5 Å². The number of carbonyl (C=O) groups is 2. The minimum absolute atomic E-state index is 0.213. The number of carbonyl (C=O) groups excluding carboxylic acids is 1. The first kappa shape index (κ1) is 18.3.